The summed E-state index contributed by atoms with van der Waals surface area (Å²) in [6, 6.07) is 12.3. The first kappa shape index (κ1) is 21.2. The Kier molecular flexibility index (Phi) is 5.87. The molecule has 1 aliphatic rings. The Bertz CT molecular complexity index is 1170. The monoisotopic (exact) mass is 436 g/mol. The highest BCUT2D eigenvalue weighted by molar-refractivity contribution is 7.80. The van der Waals surface area contributed by atoms with Crippen molar-refractivity contribution in [3.05, 3.63) is 76.6 Å². The third-order valence-electron chi connectivity index (χ3n) is 5.65. The molecule has 0 radical (unpaired) electrons. The van der Waals surface area contributed by atoms with Crippen molar-refractivity contribution < 1.29 is 8.91 Å². The standard InChI is InChI=1S/C24H25FN4OS/c1-5-11-29-16(4)20(21(26-24(29)31)17-10-9-14(2)15(3)12-17)23-27-22(28-30-23)18-7-6-8-19(25)13-18/h6-10,12-13,21H,5,11H2,1-4H3,(H,26,31). The van der Waals surface area contributed by atoms with Crippen LogP contribution < -0.4 is 5.32 Å². The Balaban J connectivity index is 1.83. The van der Waals surface area contributed by atoms with Crippen LogP contribution in [0.5, 0.6) is 0 Å². The average Bonchev–Trinajstić information content (AvgIpc) is 3.22. The molecule has 0 saturated carbocycles. The molecule has 1 N–H and O–H groups in total. The van der Waals surface area contributed by atoms with Gasteiger partial charge in [-0.05, 0) is 68.2 Å². The minimum Gasteiger partial charge on any atom is -0.351 e. The van der Waals surface area contributed by atoms with Crippen molar-refractivity contribution in [3.8, 4) is 11.4 Å². The summed E-state index contributed by atoms with van der Waals surface area (Å²) in [5.41, 5.74) is 5.92. The minimum atomic E-state index is -0.342. The van der Waals surface area contributed by atoms with E-state index < -0.39 is 0 Å². The molecule has 0 spiro atoms. The molecule has 160 valence electrons. The summed E-state index contributed by atoms with van der Waals surface area (Å²) in [6.07, 6.45) is 0.944. The number of allylic oxidation sites excluding steroid dienone is 1. The fourth-order valence-corrected chi connectivity index (χ4v) is 4.17. The Labute approximate surface area is 187 Å². The SMILES string of the molecule is CCCN1C(=S)NC(c2ccc(C)c(C)c2)C(c2nc(-c3cccc(F)c3)no2)=C1C. The molecule has 3 aromatic rings. The van der Waals surface area contributed by atoms with E-state index in [9.17, 15) is 4.39 Å². The van der Waals surface area contributed by atoms with Crippen molar-refractivity contribution in [2.75, 3.05) is 6.54 Å². The molecule has 1 atom stereocenters. The van der Waals surface area contributed by atoms with E-state index in [2.05, 4.69) is 59.3 Å². The number of benzene rings is 2. The van der Waals surface area contributed by atoms with Gasteiger partial charge >= 0.3 is 0 Å². The van der Waals surface area contributed by atoms with Crippen LogP contribution in [0.1, 0.15) is 48.9 Å². The Morgan fingerprint density at radius 1 is 1.13 bits per heavy atom. The zero-order valence-corrected chi connectivity index (χ0v) is 18.9. The highest BCUT2D eigenvalue weighted by Crippen LogP contribution is 2.38. The highest BCUT2D eigenvalue weighted by atomic mass is 32.1. The van der Waals surface area contributed by atoms with Crippen LogP contribution >= 0.6 is 12.2 Å². The largest absolute Gasteiger partial charge is 0.351 e. The number of nitrogens with zero attached hydrogens (tertiary/aromatic N) is 3. The predicted molar refractivity (Wildman–Crippen MR) is 124 cm³/mol. The quantitative estimate of drug-likeness (QED) is 0.528. The number of hydrogen-bond acceptors (Lipinski definition) is 4. The van der Waals surface area contributed by atoms with Crippen molar-refractivity contribution in [3.63, 3.8) is 0 Å². The van der Waals surface area contributed by atoms with Crippen molar-refractivity contribution in [1.29, 1.82) is 0 Å². The van der Waals surface area contributed by atoms with E-state index in [1.54, 1.807) is 12.1 Å². The Hall–Kier alpha value is -3.06. The summed E-state index contributed by atoms with van der Waals surface area (Å²) in [5, 5.41) is 8.26. The van der Waals surface area contributed by atoms with Gasteiger partial charge in [-0.2, -0.15) is 4.98 Å². The summed E-state index contributed by atoms with van der Waals surface area (Å²) >= 11 is 5.68. The molecule has 2 heterocycles. The van der Waals surface area contributed by atoms with Crippen LogP contribution in [0.2, 0.25) is 0 Å². The van der Waals surface area contributed by atoms with Crippen LogP contribution in [0.25, 0.3) is 17.0 Å². The van der Waals surface area contributed by atoms with E-state index in [0.29, 0.717) is 22.4 Å². The fraction of sp³-hybridized carbons (Fsp3) is 0.292. The molecular formula is C24H25FN4OS. The lowest BCUT2D eigenvalue weighted by Gasteiger charge is -2.37. The van der Waals surface area contributed by atoms with E-state index in [1.807, 2.05) is 6.92 Å². The second-order valence-electron chi connectivity index (χ2n) is 7.81. The lowest BCUT2D eigenvalue weighted by atomic mass is 9.92. The van der Waals surface area contributed by atoms with Gasteiger partial charge in [0.2, 0.25) is 5.82 Å². The summed E-state index contributed by atoms with van der Waals surface area (Å²) in [4.78, 5) is 6.68. The first-order valence-electron chi connectivity index (χ1n) is 10.3. The third kappa shape index (κ3) is 4.10. The fourth-order valence-electron chi connectivity index (χ4n) is 3.82. The number of aromatic nitrogens is 2. The number of hydrogen-bond donors (Lipinski definition) is 1. The van der Waals surface area contributed by atoms with Gasteiger partial charge in [-0.15, -0.1) is 0 Å². The first-order chi connectivity index (χ1) is 14.9. The van der Waals surface area contributed by atoms with Crippen molar-refractivity contribution in [1.82, 2.24) is 20.4 Å². The lowest BCUT2D eigenvalue weighted by Crippen LogP contribution is -2.46. The van der Waals surface area contributed by atoms with Gasteiger partial charge < -0.3 is 14.7 Å². The second-order valence-corrected chi connectivity index (χ2v) is 8.20. The molecule has 7 heteroatoms. The normalized spacial score (nSPS) is 16.6. The van der Waals surface area contributed by atoms with Gasteiger partial charge in [-0.3, -0.25) is 0 Å². The predicted octanol–water partition coefficient (Wildman–Crippen LogP) is 5.56. The molecular weight excluding hydrogens is 411 g/mol. The van der Waals surface area contributed by atoms with Gasteiger partial charge in [0.15, 0.2) is 5.11 Å². The zero-order valence-electron chi connectivity index (χ0n) is 18.1. The maximum atomic E-state index is 13.7. The molecule has 2 aromatic carbocycles. The summed E-state index contributed by atoms with van der Waals surface area (Å²) in [6.45, 7) is 9.10. The van der Waals surface area contributed by atoms with Crippen molar-refractivity contribution in [2.45, 2.75) is 40.2 Å². The van der Waals surface area contributed by atoms with E-state index in [4.69, 9.17) is 16.7 Å². The molecule has 1 aromatic heterocycles. The minimum absolute atomic E-state index is 0.222. The molecule has 0 aliphatic carbocycles. The van der Waals surface area contributed by atoms with Gasteiger partial charge in [-0.25, -0.2) is 4.39 Å². The van der Waals surface area contributed by atoms with Crippen molar-refractivity contribution in [2.24, 2.45) is 0 Å². The van der Waals surface area contributed by atoms with Gasteiger partial charge in [0.1, 0.15) is 5.82 Å². The van der Waals surface area contributed by atoms with Gasteiger partial charge in [0.25, 0.3) is 5.89 Å². The van der Waals surface area contributed by atoms with E-state index in [-0.39, 0.29) is 11.9 Å². The molecule has 4 rings (SSSR count). The van der Waals surface area contributed by atoms with E-state index in [1.165, 1.54) is 23.3 Å². The van der Waals surface area contributed by atoms with Crippen LogP contribution in [-0.4, -0.2) is 26.7 Å². The van der Waals surface area contributed by atoms with Crippen molar-refractivity contribution >= 4 is 22.9 Å². The number of rotatable bonds is 5. The number of thiocarbonyl (C=S) groups is 1. The maximum absolute atomic E-state index is 13.7. The Morgan fingerprint density at radius 3 is 2.65 bits per heavy atom. The van der Waals surface area contributed by atoms with Crippen LogP contribution in [0.4, 0.5) is 4.39 Å². The van der Waals surface area contributed by atoms with E-state index in [0.717, 1.165) is 29.8 Å². The zero-order chi connectivity index (χ0) is 22.1. The van der Waals surface area contributed by atoms with E-state index >= 15 is 0 Å². The van der Waals surface area contributed by atoms with Crippen LogP contribution in [0.3, 0.4) is 0 Å². The lowest BCUT2D eigenvalue weighted by molar-refractivity contribution is 0.396. The molecule has 0 saturated heterocycles. The summed E-state index contributed by atoms with van der Waals surface area (Å²) < 4.78 is 19.4. The topological polar surface area (TPSA) is 54.2 Å². The molecule has 0 amide bonds. The van der Waals surface area contributed by atoms with Gasteiger partial charge in [0, 0.05) is 17.8 Å². The Morgan fingerprint density at radius 2 is 1.94 bits per heavy atom. The molecule has 0 fully saturated rings. The second kappa shape index (κ2) is 8.59. The average molecular weight is 437 g/mol. The maximum Gasteiger partial charge on any atom is 0.258 e. The molecule has 31 heavy (non-hydrogen) atoms. The third-order valence-corrected chi connectivity index (χ3v) is 5.99. The van der Waals surface area contributed by atoms with Crippen LogP contribution in [0.15, 0.2) is 52.7 Å². The number of halogens is 1. The van der Waals surface area contributed by atoms with Gasteiger partial charge in [0.05, 0.1) is 11.6 Å². The summed E-state index contributed by atoms with van der Waals surface area (Å²) in [7, 11) is 0. The molecule has 0 bridgehead atoms. The molecule has 1 unspecified atom stereocenters. The van der Waals surface area contributed by atoms with Crippen LogP contribution in [0, 0.1) is 19.7 Å². The number of nitrogens with one attached hydrogen (secondary N) is 1. The molecule has 5 nitrogen and oxygen atoms in total. The van der Waals surface area contributed by atoms with Gasteiger partial charge in [-0.1, -0.05) is 42.4 Å². The number of aryl methyl sites for hydroxylation is 2. The van der Waals surface area contributed by atoms with Crippen LogP contribution in [-0.2, 0) is 0 Å². The highest BCUT2D eigenvalue weighted by Gasteiger charge is 2.33. The smallest absolute Gasteiger partial charge is 0.258 e. The molecule has 1 aliphatic heterocycles. The first-order valence-corrected chi connectivity index (χ1v) is 10.8. The summed E-state index contributed by atoms with van der Waals surface area (Å²) in [5.74, 6) is 0.408.